The summed E-state index contributed by atoms with van der Waals surface area (Å²) < 4.78 is 18.8. The fourth-order valence-corrected chi connectivity index (χ4v) is 4.48. The van der Waals surface area contributed by atoms with E-state index in [1.807, 2.05) is 25.1 Å². The van der Waals surface area contributed by atoms with Crippen molar-refractivity contribution in [1.82, 2.24) is 5.32 Å². The Kier molecular flexibility index (Phi) is 10.3. The van der Waals surface area contributed by atoms with E-state index in [0.717, 1.165) is 4.90 Å². The molecule has 0 saturated carbocycles. The number of nitrogens with one attached hydrogen (secondary N) is 3. The number of para-hydroxylation sites is 1. The number of hydrogen-bond acceptors (Lipinski definition) is 5. The van der Waals surface area contributed by atoms with Crippen LogP contribution >= 0.6 is 11.8 Å². The first-order valence-corrected chi connectivity index (χ1v) is 13.8. The van der Waals surface area contributed by atoms with E-state index in [4.69, 9.17) is 4.74 Å². The zero-order valence-electron chi connectivity index (χ0n) is 22.2. The quantitative estimate of drug-likeness (QED) is 0.144. The molecule has 0 atom stereocenters. The molecule has 7 nitrogen and oxygen atoms in total. The molecule has 0 aliphatic carbocycles. The lowest BCUT2D eigenvalue weighted by Crippen LogP contribution is -2.30. The van der Waals surface area contributed by atoms with Gasteiger partial charge in [0.1, 0.15) is 17.3 Å². The first-order valence-electron chi connectivity index (χ1n) is 12.8. The Labute approximate surface area is 241 Å². The molecular formula is C32H28FN3O4S. The molecule has 0 aromatic heterocycles. The minimum absolute atomic E-state index is 0.0303. The van der Waals surface area contributed by atoms with Gasteiger partial charge in [-0.15, -0.1) is 11.8 Å². The standard InChI is InChI=1S/C32H28FN3O4S/c1-2-40-29-14-7-6-11-23(29)19-28(36-31(38)22-9-4-3-5-10-22)32(39)35-26-12-8-13-27(20-26)41-21-30(37)34-25-17-15-24(33)16-18-25/h3-20H,2,21H2,1H3,(H,34,37)(H,35,39)(H,36,38)/b28-19+. The highest BCUT2D eigenvalue weighted by Crippen LogP contribution is 2.24. The molecule has 0 heterocycles. The molecule has 0 unspecified atom stereocenters. The Morgan fingerprint density at radius 3 is 2.32 bits per heavy atom. The number of anilines is 2. The Bertz CT molecular complexity index is 1540. The van der Waals surface area contributed by atoms with Crippen LogP contribution in [-0.2, 0) is 9.59 Å². The number of carbonyl (C=O) groups excluding carboxylic acids is 3. The van der Waals surface area contributed by atoms with E-state index in [0.29, 0.717) is 34.9 Å². The molecular weight excluding hydrogens is 541 g/mol. The first kappa shape index (κ1) is 29.1. The summed E-state index contributed by atoms with van der Waals surface area (Å²) in [5.41, 5.74) is 2.05. The van der Waals surface area contributed by atoms with Gasteiger partial charge in [0.25, 0.3) is 11.8 Å². The molecule has 0 aliphatic rings. The molecule has 4 aromatic carbocycles. The number of halogens is 1. The van der Waals surface area contributed by atoms with Crippen LogP contribution in [0.25, 0.3) is 6.08 Å². The molecule has 9 heteroatoms. The summed E-state index contributed by atoms with van der Waals surface area (Å²) in [6.45, 7) is 2.30. The topological polar surface area (TPSA) is 96.5 Å². The molecule has 3 amide bonds. The third-order valence-corrected chi connectivity index (χ3v) is 6.63. The fourth-order valence-electron chi connectivity index (χ4n) is 3.73. The monoisotopic (exact) mass is 569 g/mol. The van der Waals surface area contributed by atoms with E-state index in [1.54, 1.807) is 66.7 Å². The smallest absolute Gasteiger partial charge is 0.272 e. The van der Waals surface area contributed by atoms with Crippen molar-refractivity contribution in [3.8, 4) is 5.75 Å². The number of rotatable bonds is 11. The zero-order valence-corrected chi connectivity index (χ0v) is 23.0. The van der Waals surface area contributed by atoms with Crippen LogP contribution in [0.2, 0.25) is 0 Å². The van der Waals surface area contributed by atoms with Gasteiger partial charge < -0.3 is 20.7 Å². The van der Waals surface area contributed by atoms with Crippen molar-refractivity contribution in [3.05, 3.63) is 126 Å². The number of hydrogen-bond donors (Lipinski definition) is 3. The van der Waals surface area contributed by atoms with Gasteiger partial charge in [0.15, 0.2) is 0 Å². The molecule has 0 spiro atoms. The lowest BCUT2D eigenvalue weighted by atomic mass is 10.1. The molecule has 0 saturated heterocycles. The Morgan fingerprint density at radius 2 is 1.56 bits per heavy atom. The van der Waals surface area contributed by atoms with Crippen LogP contribution in [0, 0.1) is 5.82 Å². The van der Waals surface area contributed by atoms with E-state index in [9.17, 15) is 18.8 Å². The number of ether oxygens (including phenoxy) is 1. The Hall–Kier alpha value is -4.89. The van der Waals surface area contributed by atoms with Crippen LogP contribution in [-0.4, -0.2) is 30.1 Å². The van der Waals surface area contributed by atoms with Gasteiger partial charge in [-0.05, 0) is 73.7 Å². The molecule has 4 aromatic rings. The van der Waals surface area contributed by atoms with Crippen LogP contribution in [0.15, 0.2) is 114 Å². The van der Waals surface area contributed by atoms with Gasteiger partial charge in [0.05, 0.1) is 12.4 Å². The largest absolute Gasteiger partial charge is 0.493 e. The summed E-state index contributed by atoms with van der Waals surface area (Å²) in [6.07, 6.45) is 1.57. The van der Waals surface area contributed by atoms with E-state index >= 15 is 0 Å². The SMILES string of the molecule is CCOc1ccccc1/C=C(/NC(=O)c1ccccc1)C(=O)Nc1cccc(SCC(=O)Nc2ccc(F)cc2)c1. The number of thioether (sulfide) groups is 1. The van der Waals surface area contributed by atoms with Crippen LogP contribution in [0.3, 0.4) is 0 Å². The average Bonchev–Trinajstić information content (AvgIpc) is 2.98. The van der Waals surface area contributed by atoms with Gasteiger partial charge >= 0.3 is 0 Å². The highest BCUT2D eigenvalue weighted by molar-refractivity contribution is 8.00. The second kappa shape index (κ2) is 14.5. The summed E-state index contributed by atoms with van der Waals surface area (Å²) in [4.78, 5) is 39.5. The minimum Gasteiger partial charge on any atom is -0.493 e. The molecule has 3 N–H and O–H groups in total. The predicted octanol–water partition coefficient (Wildman–Crippen LogP) is 6.36. The van der Waals surface area contributed by atoms with Crippen molar-refractivity contribution in [2.45, 2.75) is 11.8 Å². The van der Waals surface area contributed by atoms with Gasteiger partial charge in [-0.2, -0.15) is 0 Å². The molecule has 0 fully saturated rings. The van der Waals surface area contributed by atoms with Gasteiger partial charge in [-0.1, -0.05) is 42.5 Å². The van der Waals surface area contributed by atoms with Crippen molar-refractivity contribution >= 4 is 46.9 Å². The van der Waals surface area contributed by atoms with Gasteiger partial charge in [-0.3, -0.25) is 14.4 Å². The Balaban J connectivity index is 1.48. The lowest BCUT2D eigenvalue weighted by molar-refractivity contribution is -0.114. The molecule has 0 bridgehead atoms. The van der Waals surface area contributed by atoms with E-state index in [1.165, 1.54) is 36.0 Å². The molecule has 41 heavy (non-hydrogen) atoms. The van der Waals surface area contributed by atoms with Crippen LogP contribution < -0.4 is 20.7 Å². The van der Waals surface area contributed by atoms with Gasteiger partial charge in [0.2, 0.25) is 5.91 Å². The highest BCUT2D eigenvalue weighted by Gasteiger charge is 2.16. The maximum Gasteiger partial charge on any atom is 0.272 e. The van der Waals surface area contributed by atoms with Gasteiger partial charge in [0, 0.05) is 27.4 Å². The van der Waals surface area contributed by atoms with Crippen LogP contribution in [0.4, 0.5) is 15.8 Å². The molecule has 208 valence electrons. The van der Waals surface area contributed by atoms with Crippen LogP contribution in [0.5, 0.6) is 5.75 Å². The number of benzene rings is 4. The summed E-state index contributed by atoms with van der Waals surface area (Å²) in [5.74, 6) is -0.910. The summed E-state index contributed by atoms with van der Waals surface area (Å²) in [5, 5.41) is 8.27. The average molecular weight is 570 g/mol. The van der Waals surface area contributed by atoms with E-state index in [-0.39, 0.29) is 23.2 Å². The Morgan fingerprint density at radius 1 is 0.829 bits per heavy atom. The summed E-state index contributed by atoms with van der Waals surface area (Å²) >= 11 is 1.28. The van der Waals surface area contributed by atoms with Crippen molar-refractivity contribution < 1.29 is 23.5 Å². The maximum atomic E-state index is 13.4. The van der Waals surface area contributed by atoms with Gasteiger partial charge in [-0.25, -0.2) is 4.39 Å². The fraction of sp³-hybridized carbons (Fsp3) is 0.0938. The van der Waals surface area contributed by atoms with E-state index < -0.39 is 11.8 Å². The number of carbonyl (C=O) groups is 3. The summed E-state index contributed by atoms with van der Waals surface area (Å²) in [6, 6.07) is 28.4. The first-order chi connectivity index (χ1) is 19.9. The van der Waals surface area contributed by atoms with Crippen LogP contribution in [0.1, 0.15) is 22.8 Å². The van der Waals surface area contributed by atoms with Crippen molar-refractivity contribution in [3.63, 3.8) is 0 Å². The normalized spacial score (nSPS) is 10.9. The van der Waals surface area contributed by atoms with Crippen molar-refractivity contribution in [1.29, 1.82) is 0 Å². The molecule has 0 aliphatic heterocycles. The highest BCUT2D eigenvalue weighted by atomic mass is 32.2. The molecule has 4 rings (SSSR count). The predicted molar refractivity (Wildman–Crippen MR) is 160 cm³/mol. The second-order valence-corrected chi connectivity index (χ2v) is 9.72. The lowest BCUT2D eigenvalue weighted by Gasteiger charge is -2.13. The number of amides is 3. The molecule has 0 radical (unpaired) electrons. The minimum atomic E-state index is -0.531. The zero-order chi connectivity index (χ0) is 29.0. The maximum absolute atomic E-state index is 13.4. The third kappa shape index (κ3) is 8.81. The van der Waals surface area contributed by atoms with Crippen molar-refractivity contribution in [2.24, 2.45) is 0 Å². The summed E-state index contributed by atoms with van der Waals surface area (Å²) in [7, 11) is 0. The third-order valence-electron chi connectivity index (χ3n) is 5.64. The van der Waals surface area contributed by atoms with Crippen molar-refractivity contribution in [2.75, 3.05) is 23.0 Å². The van der Waals surface area contributed by atoms with E-state index in [2.05, 4.69) is 16.0 Å². The second-order valence-electron chi connectivity index (χ2n) is 8.67.